The van der Waals surface area contributed by atoms with Crippen molar-refractivity contribution >= 4 is 5.91 Å². The quantitative estimate of drug-likeness (QED) is 0.295. The average Bonchev–Trinajstić information content (AvgIpc) is 2.70. The number of amides is 1. The second kappa shape index (κ2) is 15.5. The van der Waals surface area contributed by atoms with Crippen LogP contribution in [0.2, 0.25) is 0 Å². The third kappa shape index (κ3) is 9.83. The molecule has 3 heteroatoms. The fraction of sp³-hybridized carbons (Fsp3) is 0.708. The topological polar surface area (TPSA) is 29.5 Å². The van der Waals surface area contributed by atoms with Gasteiger partial charge in [-0.25, -0.2) is 0 Å². The Balaban J connectivity index is 2.56. The van der Waals surface area contributed by atoms with E-state index in [1.54, 1.807) is 7.11 Å². The van der Waals surface area contributed by atoms with Crippen molar-refractivity contribution in [2.75, 3.05) is 20.2 Å². The molecule has 0 fully saturated rings. The Morgan fingerprint density at radius 2 is 1.26 bits per heavy atom. The summed E-state index contributed by atoms with van der Waals surface area (Å²) in [4.78, 5) is 15.2. The number of ether oxygens (including phenoxy) is 1. The van der Waals surface area contributed by atoms with E-state index in [0.717, 1.165) is 25.9 Å². The SMILES string of the molecule is CCCCCCCCN(CCCCCCCC)C(=O)c1ccccc1OC. The number of carbonyl (C=O) groups excluding carboxylic acids is 1. The van der Waals surface area contributed by atoms with E-state index in [4.69, 9.17) is 4.74 Å². The standard InChI is InChI=1S/C24H41NO2/c1-4-6-8-10-12-16-20-25(21-17-13-11-9-7-5-2)24(26)22-18-14-15-19-23(22)27-3/h14-15,18-19H,4-13,16-17,20-21H2,1-3H3. The van der Waals surface area contributed by atoms with Gasteiger partial charge in [0.05, 0.1) is 12.7 Å². The van der Waals surface area contributed by atoms with Gasteiger partial charge < -0.3 is 9.64 Å². The third-order valence-electron chi connectivity index (χ3n) is 5.19. The van der Waals surface area contributed by atoms with Gasteiger partial charge in [-0.2, -0.15) is 0 Å². The summed E-state index contributed by atoms with van der Waals surface area (Å²) >= 11 is 0. The molecule has 0 saturated carbocycles. The number of hydrogen-bond acceptors (Lipinski definition) is 2. The lowest BCUT2D eigenvalue weighted by Crippen LogP contribution is -2.33. The van der Waals surface area contributed by atoms with Crippen molar-refractivity contribution in [2.24, 2.45) is 0 Å². The molecule has 0 spiro atoms. The lowest BCUT2D eigenvalue weighted by atomic mass is 10.1. The van der Waals surface area contributed by atoms with Crippen molar-refractivity contribution in [3.63, 3.8) is 0 Å². The molecule has 1 rings (SSSR count). The molecule has 154 valence electrons. The fourth-order valence-corrected chi connectivity index (χ4v) is 3.47. The summed E-state index contributed by atoms with van der Waals surface area (Å²) in [6, 6.07) is 7.60. The second-order valence-electron chi connectivity index (χ2n) is 7.53. The van der Waals surface area contributed by atoms with Gasteiger partial charge in [0, 0.05) is 13.1 Å². The van der Waals surface area contributed by atoms with E-state index in [9.17, 15) is 4.79 Å². The number of methoxy groups -OCH3 is 1. The molecule has 0 saturated heterocycles. The molecule has 0 radical (unpaired) electrons. The van der Waals surface area contributed by atoms with Crippen LogP contribution < -0.4 is 4.74 Å². The number of para-hydroxylation sites is 1. The molecule has 0 heterocycles. The van der Waals surface area contributed by atoms with Crippen molar-refractivity contribution in [1.29, 1.82) is 0 Å². The van der Waals surface area contributed by atoms with E-state index in [1.165, 1.54) is 64.2 Å². The molecule has 0 unspecified atom stereocenters. The lowest BCUT2D eigenvalue weighted by Gasteiger charge is -2.24. The Hall–Kier alpha value is -1.51. The molecule has 27 heavy (non-hydrogen) atoms. The first-order valence-corrected chi connectivity index (χ1v) is 11.2. The Labute approximate surface area is 167 Å². The molecule has 1 aromatic rings. The highest BCUT2D eigenvalue weighted by atomic mass is 16.5. The number of benzene rings is 1. The van der Waals surface area contributed by atoms with Crippen LogP contribution in [0.25, 0.3) is 0 Å². The molecule has 0 aliphatic heterocycles. The minimum absolute atomic E-state index is 0.120. The van der Waals surface area contributed by atoms with Crippen LogP contribution in [0.4, 0.5) is 0 Å². The van der Waals surface area contributed by atoms with Gasteiger partial charge in [-0.1, -0.05) is 90.2 Å². The molecular weight excluding hydrogens is 334 g/mol. The minimum Gasteiger partial charge on any atom is -0.496 e. The minimum atomic E-state index is 0.120. The number of carbonyl (C=O) groups is 1. The molecule has 3 nitrogen and oxygen atoms in total. The van der Waals surface area contributed by atoms with E-state index in [0.29, 0.717) is 11.3 Å². The third-order valence-corrected chi connectivity index (χ3v) is 5.19. The zero-order valence-corrected chi connectivity index (χ0v) is 18.0. The van der Waals surface area contributed by atoms with E-state index in [-0.39, 0.29) is 5.91 Å². The monoisotopic (exact) mass is 375 g/mol. The van der Waals surface area contributed by atoms with Gasteiger partial charge in [0.2, 0.25) is 0 Å². The van der Waals surface area contributed by atoms with Crippen molar-refractivity contribution in [2.45, 2.75) is 90.9 Å². The van der Waals surface area contributed by atoms with Gasteiger partial charge in [-0.05, 0) is 25.0 Å². The van der Waals surface area contributed by atoms with E-state index in [2.05, 4.69) is 18.7 Å². The summed E-state index contributed by atoms with van der Waals surface area (Å²) in [7, 11) is 1.64. The van der Waals surface area contributed by atoms with Crippen LogP contribution in [0.5, 0.6) is 5.75 Å². The molecular formula is C24H41NO2. The first kappa shape index (κ1) is 23.5. The maximum absolute atomic E-state index is 13.1. The Morgan fingerprint density at radius 1 is 0.778 bits per heavy atom. The van der Waals surface area contributed by atoms with Crippen molar-refractivity contribution in [1.82, 2.24) is 4.90 Å². The largest absolute Gasteiger partial charge is 0.496 e. The second-order valence-corrected chi connectivity index (χ2v) is 7.53. The smallest absolute Gasteiger partial charge is 0.257 e. The summed E-state index contributed by atoms with van der Waals surface area (Å²) < 4.78 is 5.41. The van der Waals surface area contributed by atoms with Crippen LogP contribution in [-0.4, -0.2) is 31.0 Å². The van der Waals surface area contributed by atoms with Gasteiger partial charge in [-0.15, -0.1) is 0 Å². The van der Waals surface area contributed by atoms with Gasteiger partial charge in [0.25, 0.3) is 5.91 Å². The van der Waals surface area contributed by atoms with E-state index >= 15 is 0 Å². The Kier molecular flexibility index (Phi) is 13.5. The number of nitrogens with zero attached hydrogens (tertiary/aromatic N) is 1. The maximum Gasteiger partial charge on any atom is 0.257 e. The van der Waals surface area contributed by atoms with E-state index < -0.39 is 0 Å². The maximum atomic E-state index is 13.1. The van der Waals surface area contributed by atoms with Crippen LogP contribution in [0.15, 0.2) is 24.3 Å². The number of hydrogen-bond donors (Lipinski definition) is 0. The zero-order valence-electron chi connectivity index (χ0n) is 18.0. The highest BCUT2D eigenvalue weighted by molar-refractivity contribution is 5.96. The van der Waals surface area contributed by atoms with Crippen LogP contribution in [0.3, 0.4) is 0 Å². The van der Waals surface area contributed by atoms with Gasteiger partial charge in [-0.3, -0.25) is 4.79 Å². The molecule has 0 aromatic heterocycles. The predicted octanol–water partition coefficient (Wildman–Crippen LogP) is 6.86. The highest BCUT2D eigenvalue weighted by Gasteiger charge is 2.18. The van der Waals surface area contributed by atoms with Crippen LogP contribution in [0.1, 0.15) is 101 Å². The molecule has 0 atom stereocenters. The molecule has 0 aliphatic carbocycles. The Morgan fingerprint density at radius 3 is 1.78 bits per heavy atom. The van der Waals surface area contributed by atoms with Crippen LogP contribution in [-0.2, 0) is 0 Å². The first-order valence-electron chi connectivity index (χ1n) is 11.2. The van der Waals surface area contributed by atoms with Gasteiger partial charge >= 0.3 is 0 Å². The van der Waals surface area contributed by atoms with E-state index in [1.807, 2.05) is 24.3 Å². The van der Waals surface area contributed by atoms with Crippen LogP contribution >= 0.6 is 0 Å². The normalized spacial score (nSPS) is 10.8. The van der Waals surface area contributed by atoms with Gasteiger partial charge in [0.15, 0.2) is 0 Å². The average molecular weight is 376 g/mol. The number of unbranched alkanes of at least 4 members (excludes halogenated alkanes) is 10. The molecule has 0 N–H and O–H groups in total. The first-order chi connectivity index (χ1) is 13.2. The van der Waals surface area contributed by atoms with Crippen LogP contribution in [0, 0.1) is 0 Å². The highest BCUT2D eigenvalue weighted by Crippen LogP contribution is 2.20. The summed E-state index contributed by atoms with van der Waals surface area (Å²) in [6.07, 6.45) is 15.0. The summed E-state index contributed by atoms with van der Waals surface area (Å²) in [6.45, 7) is 6.21. The summed E-state index contributed by atoms with van der Waals surface area (Å²) in [5, 5.41) is 0. The molecule has 0 aliphatic rings. The predicted molar refractivity (Wildman–Crippen MR) is 116 cm³/mol. The summed E-state index contributed by atoms with van der Waals surface area (Å²) in [5.74, 6) is 0.799. The summed E-state index contributed by atoms with van der Waals surface area (Å²) in [5.41, 5.74) is 0.692. The Bertz CT molecular complexity index is 485. The van der Waals surface area contributed by atoms with Gasteiger partial charge in [0.1, 0.15) is 5.75 Å². The zero-order chi connectivity index (χ0) is 19.7. The molecule has 1 aromatic carbocycles. The number of rotatable bonds is 16. The molecule has 0 bridgehead atoms. The lowest BCUT2D eigenvalue weighted by molar-refractivity contribution is 0.0745. The fourth-order valence-electron chi connectivity index (χ4n) is 3.47. The van der Waals surface area contributed by atoms with Crippen molar-refractivity contribution in [3.05, 3.63) is 29.8 Å². The molecule has 1 amide bonds. The van der Waals surface area contributed by atoms with Crippen molar-refractivity contribution in [3.8, 4) is 5.75 Å². The van der Waals surface area contributed by atoms with Crippen molar-refractivity contribution < 1.29 is 9.53 Å².